The van der Waals surface area contributed by atoms with Gasteiger partial charge in [0, 0.05) is 43.9 Å². The lowest BCUT2D eigenvalue weighted by molar-refractivity contribution is 0.493. The van der Waals surface area contributed by atoms with Gasteiger partial charge < -0.3 is 15.5 Å². The standard InChI is InChI=1S/C25H28F2N6/c1-2-16-12-30-25(31-13-16)32-6-3-17(4-7-32)19-10-21(26)23(29-14-19)15-33-8-5-18-9-20(28)11-22(27)24(18)33/h9-14,17H,2-8,15,28H2,1H3. The average Bonchev–Trinajstić information content (AvgIpc) is 3.23. The number of benzene rings is 1. The van der Waals surface area contributed by atoms with Gasteiger partial charge in [-0.1, -0.05) is 6.92 Å². The van der Waals surface area contributed by atoms with Crippen LogP contribution in [0.2, 0.25) is 0 Å². The Morgan fingerprint density at radius 3 is 2.42 bits per heavy atom. The van der Waals surface area contributed by atoms with Crippen LogP contribution in [0.3, 0.4) is 0 Å². The molecule has 0 atom stereocenters. The molecule has 2 aliphatic rings. The molecular formula is C25H28F2N6. The first kappa shape index (κ1) is 21.6. The zero-order valence-electron chi connectivity index (χ0n) is 18.8. The molecular weight excluding hydrogens is 422 g/mol. The fraction of sp³-hybridized carbons (Fsp3) is 0.400. The first-order chi connectivity index (χ1) is 16.0. The van der Waals surface area contributed by atoms with Crippen molar-refractivity contribution in [1.82, 2.24) is 15.0 Å². The van der Waals surface area contributed by atoms with Crippen molar-refractivity contribution >= 4 is 17.3 Å². The lowest BCUT2D eigenvalue weighted by atomic mass is 9.90. The second-order valence-corrected chi connectivity index (χ2v) is 8.89. The van der Waals surface area contributed by atoms with E-state index >= 15 is 0 Å². The van der Waals surface area contributed by atoms with Gasteiger partial charge in [0.25, 0.3) is 0 Å². The molecule has 0 radical (unpaired) electrons. The van der Waals surface area contributed by atoms with Crippen molar-refractivity contribution in [2.45, 2.75) is 45.1 Å². The minimum atomic E-state index is -0.361. The molecule has 0 amide bonds. The molecule has 8 heteroatoms. The molecule has 2 aliphatic heterocycles. The molecule has 1 fully saturated rings. The first-order valence-electron chi connectivity index (χ1n) is 11.5. The molecule has 172 valence electrons. The predicted molar refractivity (Wildman–Crippen MR) is 125 cm³/mol. The molecule has 6 nitrogen and oxygen atoms in total. The number of fused-ring (bicyclic) bond motifs is 1. The molecule has 1 saturated heterocycles. The number of piperidine rings is 1. The zero-order chi connectivity index (χ0) is 22.9. The van der Waals surface area contributed by atoms with E-state index in [1.54, 1.807) is 18.3 Å². The van der Waals surface area contributed by atoms with E-state index in [-0.39, 0.29) is 24.1 Å². The highest BCUT2D eigenvalue weighted by Crippen LogP contribution is 2.35. The van der Waals surface area contributed by atoms with Crippen LogP contribution in [0.25, 0.3) is 0 Å². The molecule has 4 heterocycles. The van der Waals surface area contributed by atoms with Gasteiger partial charge in [-0.3, -0.25) is 4.98 Å². The molecule has 2 aromatic heterocycles. The Labute approximate surface area is 192 Å². The number of hydrogen-bond donors (Lipinski definition) is 1. The van der Waals surface area contributed by atoms with Gasteiger partial charge in [-0.2, -0.15) is 0 Å². The highest BCUT2D eigenvalue weighted by Gasteiger charge is 2.26. The number of aryl methyl sites for hydroxylation is 1. The van der Waals surface area contributed by atoms with Gasteiger partial charge in [-0.05, 0) is 66.5 Å². The van der Waals surface area contributed by atoms with Gasteiger partial charge in [0.05, 0.1) is 17.9 Å². The minimum Gasteiger partial charge on any atom is -0.399 e. The number of rotatable bonds is 5. The van der Waals surface area contributed by atoms with E-state index in [9.17, 15) is 8.78 Å². The van der Waals surface area contributed by atoms with Crippen molar-refractivity contribution in [3.63, 3.8) is 0 Å². The van der Waals surface area contributed by atoms with Crippen molar-refractivity contribution in [1.29, 1.82) is 0 Å². The summed E-state index contributed by atoms with van der Waals surface area (Å²) in [7, 11) is 0. The van der Waals surface area contributed by atoms with E-state index in [2.05, 4.69) is 26.8 Å². The van der Waals surface area contributed by atoms with Crippen molar-refractivity contribution in [3.8, 4) is 0 Å². The molecule has 3 aromatic rings. The van der Waals surface area contributed by atoms with Crippen molar-refractivity contribution in [3.05, 3.63) is 70.8 Å². The number of halogens is 2. The SMILES string of the molecule is CCc1cnc(N2CCC(c3cnc(CN4CCc5cc(N)cc(F)c54)c(F)c3)CC2)nc1. The van der Waals surface area contributed by atoms with Crippen molar-refractivity contribution in [2.75, 3.05) is 35.2 Å². The zero-order valence-corrected chi connectivity index (χ0v) is 18.8. The number of nitrogen functional groups attached to an aromatic ring is 1. The van der Waals surface area contributed by atoms with Crippen LogP contribution in [0.5, 0.6) is 0 Å². The normalized spacial score (nSPS) is 16.3. The highest BCUT2D eigenvalue weighted by molar-refractivity contribution is 5.64. The minimum absolute atomic E-state index is 0.240. The predicted octanol–water partition coefficient (Wildman–Crippen LogP) is 4.24. The summed E-state index contributed by atoms with van der Waals surface area (Å²) in [6, 6.07) is 4.71. The molecule has 0 spiro atoms. The quantitative estimate of drug-likeness (QED) is 0.587. The number of nitrogens with two attached hydrogens (primary N) is 1. The Balaban J connectivity index is 1.24. The van der Waals surface area contributed by atoms with Crippen molar-refractivity contribution < 1.29 is 8.78 Å². The van der Waals surface area contributed by atoms with Gasteiger partial charge in [-0.25, -0.2) is 18.7 Å². The number of hydrogen-bond acceptors (Lipinski definition) is 6. The summed E-state index contributed by atoms with van der Waals surface area (Å²) in [6.07, 6.45) is 8.95. The largest absolute Gasteiger partial charge is 0.399 e. The van der Waals surface area contributed by atoms with Crippen LogP contribution in [0.15, 0.2) is 36.8 Å². The Hall–Kier alpha value is -3.29. The van der Waals surface area contributed by atoms with Crippen LogP contribution in [-0.2, 0) is 19.4 Å². The van der Waals surface area contributed by atoms with E-state index in [1.165, 1.54) is 6.07 Å². The van der Waals surface area contributed by atoms with E-state index < -0.39 is 0 Å². The third kappa shape index (κ3) is 4.34. The van der Waals surface area contributed by atoms with E-state index in [1.807, 2.05) is 17.3 Å². The molecule has 5 rings (SSSR count). The van der Waals surface area contributed by atoms with Crippen LogP contribution < -0.4 is 15.5 Å². The summed E-state index contributed by atoms with van der Waals surface area (Å²) >= 11 is 0. The summed E-state index contributed by atoms with van der Waals surface area (Å²) in [5.74, 6) is 0.308. The monoisotopic (exact) mass is 450 g/mol. The maximum atomic E-state index is 15.0. The lowest BCUT2D eigenvalue weighted by Crippen LogP contribution is -2.34. The van der Waals surface area contributed by atoms with E-state index in [4.69, 9.17) is 5.73 Å². The smallest absolute Gasteiger partial charge is 0.225 e. The Morgan fingerprint density at radius 2 is 1.73 bits per heavy atom. The fourth-order valence-corrected chi connectivity index (χ4v) is 4.86. The first-order valence-corrected chi connectivity index (χ1v) is 11.5. The summed E-state index contributed by atoms with van der Waals surface area (Å²) in [5, 5.41) is 0. The third-order valence-corrected chi connectivity index (χ3v) is 6.76. The number of pyridine rings is 1. The van der Waals surface area contributed by atoms with Crippen molar-refractivity contribution in [2.24, 2.45) is 0 Å². The van der Waals surface area contributed by atoms with Gasteiger partial charge in [0.1, 0.15) is 11.6 Å². The second-order valence-electron chi connectivity index (χ2n) is 8.89. The summed E-state index contributed by atoms with van der Waals surface area (Å²) in [6.45, 7) is 4.60. The van der Waals surface area contributed by atoms with Crippen LogP contribution in [0.1, 0.15) is 48.1 Å². The molecule has 0 bridgehead atoms. The summed E-state index contributed by atoms with van der Waals surface area (Å²) < 4.78 is 29.4. The maximum Gasteiger partial charge on any atom is 0.225 e. The van der Waals surface area contributed by atoms with E-state index in [0.29, 0.717) is 30.0 Å². The summed E-state index contributed by atoms with van der Waals surface area (Å²) in [4.78, 5) is 17.4. The topological polar surface area (TPSA) is 71.2 Å². The Kier molecular flexibility index (Phi) is 5.83. The fourth-order valence-electron chi connectivity index (χ4n) is 4.86. The summed E-state index contributed by atoms with van der Waals surface area (Å²) in [5.41, 5.74) is 9.92. The highest BCUT2D eigenvalue weighted by atomic mass is 19.1. The number of aromatic nitrogens is 3. The molecule has 33 heavy (non-hydrogen) atoms. The molecule has 0 saturated carbocycles. The van der Waals surface area contributed by atoms with Gasteiger partial charge in [0.2, 0.25) is 5.95 Å². The van der Waals surface area contributed by atoms with Gasteiger partial charge >= 0.3 is 0 Å². The molecule has 2 N–H and O–H groups in total. The van der Waals surface area contributed by atoms with Crippen LogP contribution in [0, 0.1) is 11.6 Å². The molecule has 1 aromatic carbocycles. The Bertz CT molecular complexity index is 1140. The average molecular weight is 451 g/mol. The molecule has 0 aliphatic carbocycles. The molecule has 0 unspecified atom stereocenters. The number of anilines is 3. The third-order valence-electron chi connectivity index (χ3n) is 6.76. The lowest BCUT2D eigenvalue weighted by Gasteiger charge is -2.32. The van der Waals surface area contributed by atoms with Crippen LogP contribution in [-0.4, -0.2) is 34.6 Å². The van der Waals surface area contributed by atoms with Gasteiger partial charge in [-0.15, -0.1) is 0 Å². The van der Waals surface area contributed by atoms with E-state index in [0.717, 1.165) is 55.0 Å². The number of nitrogens with zero attached hydrogens (tertiary/aromatic N) is 5. The second kappa shape index (κ2) is 8.92. The Morgan fingerprint density at radius 1 is 0.970 bits per heavy atom. The van der Waals surface area contributed by atoms with Crippen LogP contribution in [0.4, 0.5) is 26.1 Å². The van der Waals surface area contributed by atoms with Gasteiger partial charge in [0.15, 0.2) is 0 Å². The maximum absolute atomic E-state index is 15.0. The van der Waals surface area contributed by atoms with Crippen LogP contribution >= 0.6 is 0 Å².